The SMILES string of the molecule is CCc1cc(C)c(C)c(N)c1. The number of hydrogen-bond acceptors (Lipinski definition) is 1. The van der Waals surface area contributed by atoms with Crippen LogP contribution in [0.1, 0.15) is 23.6 Å². The van der Waals surface area contributed by atoms with Crippen molar-refractivity contribution in [2.24, 2.45) is 0 Å². The number of anilines is 1. The maximum absolute atomic E-state index is 5.80. The fourth-order valence-corrected chi connectivity index (χ4v) is 1.17. The predicted octanol–water partition coefficient (Wildman–Crippen LogP) is 2.45. The maximum atomic E-state index is 5.80. The van der Waals surface area contributed by atoms with Gasteiger partial charge in [-0.2, -0.15) is 0 Å². The lowest BCUT2D eigenvalue weighted by Gasteiger charge is -2.06. The Bertz CT molecular complexity index is 241. The molecule has 1 aromatic carbocycles. The van der Waals surface area contributed by atoms with E-state index in [1.54, 1.807) is 0 Å². The van der Waals surface area contributed by atoms with E-state index in [9.17, 15) is 0 Å². The van der Waals surface area contributed by atoms with E-state index in [1.165, 1.54) is 16.7 Å². The van der Waals surface area contributed by atoms with Crippen LogP contribution in [-0.2, 0) is 6.42 Å². The molecule has 0 amide bonds. The van der Waals surface area contributed by atoms with Crippen molar-refractivity contribution in [3.63, 3.8) is 0 Å². The van der Waals surface area contributed by atoms with Gasteiger partial charge in [0.2, 0.25) is 0 Å². The first kappa shape index (κ1) is 8.12. The summed E-state index contributed by atoms with van der Waals surface area (Å²) in [5.41, 5.74) is 10.5. The molecule has 0 atom stereocenters. The molecule has 0 heterocycles. The van der Waals surface area contributed by atoms with Crippen molar-refractivity contribution in [1.29, 1.82) is 0 Å². The summed E-state index contributed by atoms with van der Waals surface area (Å²) in [6, 6.07) is 4.26. The van der Waals surface area contributed by atoms with Crippen LogP contribution in [0.5, 0.6) is 0 Å². The monoisotopic (exact) mass is 149 g/mol. The standard InChI is InChI=1S/C10H15N/c1-4-9-5-7(2)8(3)10(11)6-9/h5-6H,4,11H2,1-3H3. The zero-order chi connectivity index (χ0) is 8.43. The van der Waals surface area contributed by atoms with Gasteiger partial charge in [0.05, 0.1) is 0 Å². The number of aryl methyl sites for hydroxylation is 2. The first-order chi connectivity index (χ1) is 5.15. The summed E-state index contributed by atoms with van der Waals surface area (Å²) in [5.74, 6) is 0. The highest BCUT2D eigenvalue weighted by Gasteiger charge is 1.98. The van der Waals surface area contributed by atoms with E-state index in [2.05, 4.69) is 32.9 Å². The molecule has 0 unspecified atom stereocenters. The van der Waals surface area contributed by atoms with E-state index in [0.717, 1.165) is 12.1 Å². The third-order valence-corrected chi connectivity index (χ3v) is 2.18. The normalized spacial score (nSPS) is 10.1. The van der Waals surface area contributed by atoms with Gasteiger partial charge < -0.3 is 5.73 Å². The fraction of sp³-hybridized carbons (Fsp3) is 0.400. The van der Waals surface area contributed by atoms with Crippen molar-refractivity contribution >= 4 is 5.69 Å². The van der Waals surface area contributed by atoms with Crippen LogP contribution < -0.4 is 5.73 Å². The highest BCUT2D eigenvalue weighted by atomic mass is 14.6. The van der Waals surface area contributed by atoms with Gasteiger partial charge in [-0.05, 0) is 43.0 Å². The molecule has 0 aliphatic heterocycles. The quantitative estimate of drug-likeness (QED) is 0.610. The molecule has 1 aromatic rings. The lowest BCUT2D eigenvalue weighted by atomic mass is 10.0. The average molecular weight is 149 g/mol. The molecule has 1 heteroatoms. The summed E-state index contributed by atoms with van der Waals surface area (Å²) in [7, 11) is 0. The summed E-state index contributed by atoms with van der Waals surface area (Å²) < 4.78 is 0. The molecule has 2 N–H and O–H groups in total. The Morgan fingerprint density at radius 2 is 1.91 bits per heavy atom. The van der Waals surface area contributed by atoms with Gasteiger partial charge in [0.15, 0.2) is 0 Å². The third kappa shape index (κ3) is 1.53. The van der Waals surface area contributed by atoms with E-state index in [0.29, 0.717) is 0 Å². The minimum atomic E-state index is 0.918. The smallest absolute Gasteiger partial charge is 0.0349 e. The van der Waals surface area contributed by atoms with Gasteiger partial charge in [0.25, 0.3) is 0 Å². The number of hydrogen-bond donors (Lipinski definition) is 1. The number of benzene rings is 1. The zero-order valence-electron chi connectivity index (χ0n) is 7.44. The summed E-state index contributed by atoms with van der Waals surface area (Å²) in [6.07, 6.45) is 1.06. The van der Waals surface area contributed by atoms with Crippen LogP contribution in [0.4, 0.5) is 5.69 Å². The van der Waals surface area contributed by atoms with Crippen molar-refractivity contribution < 1.29 is 0 Å². The van der Waals surface area contributed by atoms with Crippen LogP contribution in [0.15, 0.2) is 12.1 Å². The minimum Gasteiger partial charge on any atom is -0.398 e. The Balaban J connectivity index is 3.21. The second-order valence-corrected chi connectivity index (χ2v) is 2.98. The van der Waals surface area contributed by atoms with Gasteiger partial charge in [-0.25, -0.2) is 0 Å². The molecule has 1 nitrogen and oxygen atoms in total. The van der Waals surface area contributed by atoms with E-state index in [1.807, 2.05) is 0 Å². The Labute approximate surface area is 68.2 Å². The number of rotatable bonds is 1. The lowest BCUT2D eigenvalue weighted by Crippen LogP contribution is -1.94. The molecule has 0 bridgehead atoms. The van der Waals surface area contributed by atoms with Crippen molar-refractivity contribution in [3.8, 4) is 0 Å². The van der Waals surface area contributed by atoms with Crippen molar-refractivity contribution in [1.82, 2.24) is 0 Å². The predicted molar refractivity (Wildman–Crippen MR) is 49.7 cm³/mol. The second kappa shape index (κ2) is 2.95. The van der Waals surface area contributed by atoms with Crippen LogP contribution in [0.3, 0.4) is 0 Å². The molecule has 0 aromatic heterocycles. The van der Waals surface area contributed by atoms with Crippen LogP contribution in [0, 0.1) is 13.8 Å². The van der Waals surface area contributed by atoms with Crippen LogP contribution >= 0.6 is 0 Å². The lowest BCUT2D eigenvalue weighted by molar-refractivity contribution is 1.12. The number of nitrogen functional groups attached to an aromatic ring is 1. The van der Waals surface area contributed by atoms with Gasteiger partial charge in [-0.1, -0.05) is 13.0 Å². The molecular formula is C10H15N. The van der Waals surface area contributed by atoms with Gasteiger partial charge in [-0.3, -0.25) is 0 Å². The summed E-state index contributed by atoms with van der Waals surface area (Å²) in [5, 5.41) is 0. The van der Waals surface area contributed by atoms with Gasteiger partial charge in [0.1, 0.15) is 0 Å². The largest absolute Gasteiger partial charge is 0.398 e. The first-order valence-corrected chi connectivity index (χ1v) is 4.00. The average Bonchev–Trinajstić information content (AvgIpc) is 1.99. The van der Waals surface area contributed by atoms with Crippen molar-refractivity contribution in [3.05, 3.63) is 28.8 Å². The molecule has 0 fully saturated rings. The third-order valence-electron chi connectivity index (χ3n) is 2.18. The maximum Gasteiger partial charge on any atom is 0.0349 e. The molecule has 0 spiro atoms. The van der Waals surface area contributed by atoms with Crippen molar-refractivity contribution in [2.45, 2.75) is 27.2 Å². The molecule has 60 valence electrons. The van der Waals surface area contributed by atoms with Gasteiger partial charge in [-0.15, -0.1) is 0 Å². The van der Waals surface area contributed by atoms with E-state index < -0.39 is 0 Å². The van der Waals surface area contributed by atoms with E-state index in [4.69, 9.17) is 5.73 Å². The second-order valence-electron chi connectivity index (χ2n) is 2.98. The molecule has 0 saturated carbocycles. The highest BCUT2D eigenvalue weighted by molar-refractivity contribution is 5.52. The van der Waals surface area contributed by atoms with E-state index in [-0.39, 0.29) is 0 Å². The fourth-order valence-electron chi connectivity index (χ4n) is 1.17. The Hall–Kier alpha value is -0.980. The van der Waals surface area contributed by atoms with Gasteiger partial charge >= 0.3 is 0 Å². The molecule has 1 rings (SSSR count). The van der Waals surface area contributed by atoms with Crippen LogP contribution in [-0.4, -0.2) is 0 Å². The summed E-state index contributed by atoms with van der Waals surface area (Å²) in [4.78, 5) is 0. The molecule has 0 aliphatic carbocycles. The van der Waals surface area contributed by atoms with Crippen molar-refractivity contribution in [2.75, 3.05) is 5.73 Å². The molecular weight excluding hydrogens is 134 g/mol. The van der Waals surface area contributed by atoms with Gasteiger partial charge in [0, 0.05) is 5.69 Å². The highest BCUT2D eigenvalue weighted by Crippen LogP contribution is 2.18. The Morgan fingerprint density at radius 3 is 2.36 bits per heavy atom. The summed E-state index contributed by atoms with van der Waals surface area (Å²) in [6.45, 7) is 6.30. The van der Waals surface area contributed by atoms with Crippen LogP contribution in [0.2, 0.25) is 0 Å². The molecule has 0 aliphatic rings. The Morgan fingerprint density at radius 1 is 1.27 bits per heavy atom. The molecule has 11 heavy (non-hydrogen) atoms. The summed E-state index contributed by atoms with van der Waals surface area (Å²) >= 11 is 0. The minimum absolute atomic E-state index is 0.918. The van der Waals surface area contributed by atoms with E-state index >= 15 is 0 Å². The Kier molecular flexibility index (Phi) is 2.18. The molecule has 0 saturated heterocycles. The van der Waals surface area contributed by atoms with Crippen LogP contribution in [0.25, 0.3) is 0 Å². The zero-order valence-corrected chi connectivity index (χ0v) is 7.44. The number of nitrogens with two attached hydrogens (primary N) is 1. The topological polar surface area (TPSA) is 26.0 Å². The first-order valence-electron chi connectivity index (χ1n) is 4.00. The molecule has 0 radical (unpaired) electrons.